The van der Waals surface area contributed by atoms with Gasteiger partial charge in [0.15, 0.2) is 0 Å². The molecule has 2 heterocycles. The van der Waals surface area contributed by atoms with Crippen LogP contribution in [-0.2, 0) is 20.0 Å². The van der Waals surface area contributed by atoms with Crippen LogP contribution in [0.25, 0.3) is 0 Å². The predicted octanol–water partition coefficient (Wildman–Crippen LogP) is 0.241. The highest BCUT2D eigenvalue weighted by atomic mass is 16.4. The van der Waals surface area contributed by atoms with Crippen LogP contribution in [0.2, 0.25) is 0 Å². The molecule has 0 spiro atoms. The Morgan fingerprint density at radius 2 is 2.37 bits per heavy atom. The summed E-state index contributed by atoms with van der Waals surface area (Å²) in [5.74, 6) is -1.01. The van der Waals surface area contributed by atoms with Crippen LogP contribution in [0.5, 0.6) is 0 Å². The minimum absolute atomic E-state index is 0.132. The zero-order valence-electron chi connectivity index (χ0n) is 10.6. The smallest absolute Gasteiger partial charge is 0.339 e. The van der Waals surface area contributed by atoms with E-state index in [1.165, 1.54) is 12.5 Å². The fraction of sp³-hybridized carbons (Fsp3) is 0.333. The van der Waals surface area contributed by atoms with E-state index in [1.807, 2.05) is 19.3 Å². The molecular formula is C12H15N5O2. The number of aryl methyl sites for hydroxylation is 1. The van der Waals surface area contributed by atoms with Gasteiger partial charge in [-0.3, -0.25) is 4.68 Å². The summed E-state index contributed by atoms with van der Waals surface area (Å²) in [6.07, 6.45) is 5.34. The average molecular weight is 261 g/mol. The van der Waals surface area contributed by atoms with Crippen LogP contribution >= 0.6 is 0 Å². The summed E-state index contributed by atoms with van der Waals surface area (Å²) in [4.78, 5) is 18.6. The second kappa shape index (κ2) is 6.05. The van der Waals surface area contributed by atoms with Crippen molar-refractivity contribution in [3.05, 3.63) is 41.7 Å². The lowest BCUT2D eigenvalue weighted by Gasteiger charge is -2.05. The van der Waals surface area contributed by atoms with Gasteiger partial charge in [0.05, 0.1) is 11.4 Å². The van der Waals surface area contributed by atoms with E-state index in [2.05, 4.69) is 20.4 Å². The van der Waals surface area contributed by atoms with Crippen molar-refractivity contribution in [3.63, 3.8) is 0 Å². The van der Waals surface area contributed by atoms with E-state index in [-0.39, 0.29) is 5.56 Å². The molecule has 19 heavy (non-hydrogen) atoms. The summed E-state index contributed by atoms with van der Waals surface area (Å²) >= 11 is 0. The van der Waals surface area contributed by atoms with Crippen LogP contribution in [0.4, 0.5) is 0 Å². The minimum atomic E-state index is -1.01. The van der Waals surface area contributed by atoms with Gasteiger partial charge in [0.1, 0.15) is 11.9 Å². The second-order valence-electron chi connectivity index (χ2n) is 4.10. The van der Waals surface area contributed by atoms with Crippen molar-refractivity contribution in [2.75, 3.05) is 6.54 Å². The van der Waals surface area contributed by atoms with Gasteiger partial charge >= 0.3 is 5.97 Å². The summed E-state index contributed by atoms with van der Waals surface area (Å²) in [6, 6.07) is 1.95. The Bertz CT molecular complexity index is 567. The second-order valence-corrected chi connectivity index (χ2v) is 4.10. The number of nitrogens with zero attached hydrogens (tertiary/aromatic N) is 4. The van der Waals surface area contributed by atoms with Crippen molar-refractivity contribution in [2.45, 2.75) is 13.0 Å². The fourth-order valence-electron chi connectivity index (χ4n) is 1.69. The lowest BCUT2D eigenvalue weighted by Crippen LogP contribution is -2.20. The number of carboxylic acid groups (broad SMARTS) is 1. The molecule has 0 bridgehead atoms. The Morgan fingerprint density at radius 3 is 3.05 bits per heavy atom. The number of carbonyl (C=O) groups is 1. The molecule has 100 valence electrons. The van der Waals surface area contributed by atoms with Gasteiger partial charge < -0.3 is 10.4 Å². The first-order chi connectivity index (χ1) is 9.16. The molecule has 0 amide bonds. The van der Waals surface area contributed by atoms with Crippen LogP contribution in [0, 0.1) is 0 Å². The first-order valence-electron chi connectivity index (χ1n) is 5.88. The third-order valence-electron chi connectivity index (χ3n) is 2.64. The third kappa shape index (κ3) is 3.59. The average Bonchev–Trinajstić information content (AvgIpc) is 2.81. The summed E-state index contributed by atoms with van der Waals surface area (Å²) in [7, 11) is 1.87. The van der Waals surface area contributed by atoms with Crippen molar-refractivity contribution in [3.8, 4) is 0 Å². The summed E-state index contributed by atoms with van der Waals surface area (Å²) in [6.45, 7) is 1.11. The number of carboxylic acids is 1. The van der Waals surface area contributed by atoms with Crippen molar-refractivity contribution in [1.82, 2.24) is 25.1 Å². The Kier molecular flexibility index (Phi) is 4.19. The van der Waals surface area contributed by atoms with Crippen LogP contribution < -0.4 is 5.32 Å². The van der Waals surface area contributed by atoms with Crippen LogP contribution in [-0.4, -0.2) is 37.4 Å². The van der Waals surface area contributed by atoms with Crippen LogP contribution in [0.15, 0.2) is 24.8 Å². The monoisotopic (exact) mass is 261 g/mol. The Morgan fingerprint density at radius 1 is 1.53 bits per heavy atom. The molecule has 0 aliphatic rings. The van der Waals surface area contributed by atoms with Gasteiger partial charge in [-0.05, 0) is 6.07 Å². The number of hydrogen-bond donors (Lipinski definition) is 2. The molecule has 0 aliphatic carbocycles. The van der Waals surface area contributed by atoms with Gasteiger partial charge in [-0.25, -0.2) is 14.8 Å². The molecule has 0 unspecified atom stereocenters. The Balaban J connectivity index is 1.84. The molecule has 0 aliphatic heterocycles. The van der Waals surface area contributed by atoms with Crippen molar-refractivity contribution in [1.29, 1.82) is 0 Å². The van der Waals surface area contributed by atoms with Gasteiger partial charge in [0.2, 0.25) is 0 Å². The minimum Gasteiger partial charge on any atom is -0.478 e. The quantitative estimate of drug-likeness (QED) is 0.724. The predicted molar refractivity (Wildman–Crippen MR) is 67.6 cm³/mol. The third-order valence-corrected chi connectivity index (χ3v) is 2.64. The zero-order valence-corrected chi connectivity index (χ0v) is 10.6. The van der Waals surface area contributed by atoms with Gasteiger partial charge in [-0.1, -0.05) is 0 Å². The van der Waals surface area contributed by atoms with Gasteiger partial charge in [-0.15, -0.1) is 0 Å². The van der Waals surface area contributed by atoms with E-state index in [9.17, 15) is 4.79 Å². The molecule has 2 rings (SSSR count). The van der Waals surface area contributed by atoms with E-state index in [4.69, 9.17) is 5.11 Å². The van der Waals surface area contributed by atoms with Crippen molar-refractivity contribution >= 4 is 5.97 Å². The molecular weight excluding hydrogens is 246 g/mol. The Labute approximate surface area is 110 Å². The van der Waals surface area contributed by atoms with E-state index in [1.54, 1.807) is 4.68 Å². The molecule has 7 nitrogen and oxygen atoms in total. The molecule has 0 aromatic carbocycles. The summed E-state index contributed by atoms with van der Waals surface area (Å²) < 4.78 is 1.75. The summed E-state index contributed by atoms with van der Waals surface area (Å²) in [5, 5.41) is 16.4. The normalized spacial score (nSPS) is 10.6. The first-order valence-corrected chi connectivity index (χ1v) is 5.88. The number of nitrogens with one attached hydrogen (secondary N) is 1. The van der Waals surface area contributed by atoms with Crippen molar-refractivity contribution in [2.24, 2.45) is 7.05 Å². The molecule has 0 atom stereocenters. The van der Waals surface area contributed by atoms with Crippen molar-refractivity contribution < 1.29 is 9.90 Å². The number of rotatable bonds is 6. The molecule has 0 fully saturated rings. The highest BCUT2D eigenvalue weighted by Crippen LogP contribution is 2.03. The van der Waals surface area contributed by atoms with Gasteiger partial charge in [0, 0.05) is 39.0 Å². The summed E-state index contributed by atoms with van der Waals surface area (Å²) in [5.41, 5.74) is 1.62. The maximum absolute atomic E-state index is 11.0. The van der Waals surface area contributed by atoms with Crippen LogP contribution in [0.3, 0.4) is 0 Å². The number of hydrogen-bond acceptors (Lipinski definition) is 5. The highest BCUT2D eigenvalue weighted by Gasteiger charge is 2.10. The van der Waals surface area contributed by atoms with E-state index in [0.717, 1.165) is 12.1 Å². The molecule has 0 radical (unpaired) electrons. The number of aromatic carboxylic acids is 1. The first kappa shape index (κ1) is 13.2. The lowest BCUT2D eigenvalue weighted by atomic mass is 10.2. The van der Waals surface area contributed by atoms with Gasteiger partial charge in [0.25, 0.3) is 0 Å². The fourth-order valence-corrected chi connectivity index (χ4v) is 1.69. The van der Waals surface area contributed by atoms with Crippen LogP contribution in [0.1, 0.15) is 21.7 Å². The molecule has 0 saturated heterocycles. The number of aromatic nitrogens is 4. The van der Waals surface area contributed by atoms with E-state index < -0.39 is 5.97 Å². The molecule has 2 aromatic heterocycles. The maximum Gasteiger partial charge on any atom is 0.339 e. The highest BCUT2D eigenvalue weighted by molar-refractivity contribution is 5.88. The topological polar surface area (TPSA) is 92.9 Å². The largest absolute Gasteiger partial charge is 0.478 e. The maximum atomic E-state index is 11.0. The van der Waals surface area contributed by atoms with Gasteiger partial charge in [-0.2, -0.15) is 5.10 Å². The van der Waals surface area contributed by atoms with E-state index in [0.29, 0.717) is 18.8 Å². The standard InChI is InChI=1S/C12H15N5O2/c1-17-5-3-9(16-17)2-4-13-7-11-10(12(18)19)6-14-8-15-11/h3,5-6,8,13H,2,4,7H2,1H3,(H,18,19). The molecule has 2 N–H and O–H groups in total. The SMILES string of the molecule is Cn1ccc(CCNCc2ncncc2C(=O)O)n1. The molecule has 7 heteroatoms. The molecule has 2 aromatic rings. The lowest BCUT2D eigenvalue weighted by molar-refractivity contribution is 0.0694. The van der Waals surface area contributed by atoms with E-state index >= 15 is 0 Å². The molecule has 0 saturated carbocycles. The Hall–Kier alpha value is -2.28. The zero-order chi connectivity index (χ0) is 13.7.